The van der Waals surface area contributed by atoms with Gasteiger partial charge >= 0.3 is 0 Å². The minimum absolute atomic E-state index is 0.328. The highest BCUT2D eigenvalue weighted by Gasteiger charge is 2.44. The van der Waals surface area contributed by atoms with Gasteiger partial charge in [0.15, 0.2) is 5.82 Å². The molecule has 4 heterocycles. The number of rotatable bonds is 3. The molecule has 2 aliphatic heterocycles. The van der Waals surface area contributed by atoms with E-state index in [1.165, 1.54) is 0 Å². The largest absolute Gasteiger partial charge is 0.354 e. The summed E-state index contributed by atoms with van der Waals surface area (Å²) < 4.78 is 29.3. The summed E-state index contributed by atoms with van der Waals surface area (Å²) in [5.74, 6) is 1.59. The molecule has 2 saturated heterocycles. The molecule has 0 spiro atoms. The lowest BCUT2D eigenvalue weighted by Gasteiger charge is -2.22. The van der Waals surface area contributed by atoms with Gasteiger partial charge in [0.1, 0.15) is 5.52 Å². The van der Waals surface area contributed by atoms with Crippen molar-refractivity contribution in [3.63, 3.8) is 0 Å². The molecule has 27 heavy (non-hydrogen) atoms. The maximum absolute atomic E-state index is 12.9. The van der Waals surface area contributed by atoms with Crippen LogP contribution in [0.2, 0.25) is 0 Å². The van der Waals surface area contributed by atoms with Gasteiger partial charge in [-0.3, -0.25) is 0 Å². The van der Waals surface area contributed by atoms with E-state index in [4.69, 9.17) is 0 Å². The fourth-order valence-electron chi connectivity index (χ4n) is 4.33. The molecule has 7 nitrogen and oxygen atoms in total. The van der Waals surface area contributed by atoms with E-state index in [2.05, 4.69) is 15.0 Å². The number of aryl methyl sites for hydroxylation is 1. The first kappa shape index (κ1) is 16.7. The van der Waals surface area contributed by atoms with Gasteiger partial charge in [0.2, 0.25) is 10.0 Å². The van der Waals surface area contributed by atoms with Crippen molar-refractivity contribution in [3.8, 4) is 0 Å². The average molecular weight is 383 g/mol. The quantitative estimate of drug-likeness (QED) is 0.690. The number of fused-ring (bicyclic) bond motifs is 2. The van der Waals surface area contributed by atoms with E-state index in [1.54, 1.807) is 34.8 Å². The first-order valence-corrected chi connectivity index (χ1v) is 10.6. The summed E-state index contributed by atoms with van der Waals surface area (Å²) in [6.07, 6.45) is 3.63. The number of hydrogen-bond acceptors (Lipinski definition) is 5. The smallest absolute Gasteiger partial charge is 0.243 e. The zero-order valence-corrected chi connectivity index (χ0v) is 15.9. The van der Waals surface area contributed by atoms with Crippen molar-refractivity contribution >= 4 is 21.4 Å². The second kappa shape index (κ2) is 6.03. The van der Waals surface area contributed by atoms with Crippen LogP contribution < -0.4 is 4.90 Å². The fraction of sp³-hybridized carbons (Fsp3) is 0.368. The Morgan fingerprint density at radius 2 is 1.74 bits per heavy atom. The van der Waals surface area contributed by atoms with Crippen LogP contribution in [0, 0.1) is 18.8 Å². The molecule has 8 heteroatoms. The molecule has 0 N–H and O–H groups in total. The Morgan fingerprint density at radius 1 is 1.04 bits per heavy atom. The Hall–Kier alpha value is -2.45. The van der Waals surface area contributed by atoms with E-state index < -0.39 is 10.0 Å². The van der Waals surface area contributed by atoms with Crippen molar-refractivity contribution in [2.24, 2.45) is 11.8 Å². The molecular weight excluding hydrogens is 362 g/mol. The van der Waals surface area contributed by atoms with Gasteiger partial charge in [-0.2, -0.15) is 9.40 Å². The van der Waals surface area contributed by atoms with E-state index in [-0.39, 0.29) is 0 Å². The van der Waals surface area contributed by atoms with Crippen LogP contribution in [0.3, 0.4) is 0 Å². The molecule has 0 radical (unpaired) electrons. The Labute approximate surface area is 158 Å². The molecule has 3 aromatic rings. The highest BCUT2D eigenvalue weighted by molar-refractivity contribution is 7.89. The predicted molar refractivity (Wildman–Crippen MR) is 102 cm³/mol. The zero-order valence-electron chi connectivity index (χ0n) is 15.1. The molecule has 140 valence electrons. The third kappa shape index (κ3) is 2.71. The Morgan fingerprint density at radius 3 is 2.44 bits per heavy atom. The van der Waals surface area contributed by atoms with E-state index in [1.807, 2.05) is 29.8 Å². The predicted octanol–water partition coefficient (Wildman–Crippen LogP) is 1.79. The van der Waals surface area contributed by atoms with Crippen molar-refractivity contribution in [1.82, 2.24) is 18.9 Å². The molecule has 2 atom stereocenters. The maximum Gasteiger partial charge on any atom is 0.243 e. The van der Waals surface area contributed by atoms with Crippen LogP contribution in [0.4, 0.5) is 5.82 Å². The number of nitrogens with zero attached hydrogens (tertiary/aromatic N) is 5. The molecule has 0 saturated carbocycles. The third-order valence-corrected chi connectivity index (χ3v) is 7.47. The molecule has 2 aromatic heterocycles. The van der Waals surface area contributed by atoms with Gasteiger partial charge in [-0.1, -0.05) is 18.2 Å². The van der Waals surface area contributed by atoms with Crippen LogP contribution in [0.25, 0.3) is 5.52 Å². The van der Waals surface area contributed by atoms with E-state index >= 15 is 0 Å². The lowest BCUT2D eigenvalue weighted by atomic mass is 10.0. The van der Waals surface area contributed by atoms with Gasteiger partial charge in [-0.15, -0.1) is 0 Å². The summed E-state index contributed by atoms with van der Waals surface area (Å²) in [6, 6.07) is 10.8. The number of aromatic nitrogens is 3. The third-order valence-electron chi connectivity index (χ3n) is 5.62. The number of anilines is 1. The topological polar surface area (TPSA) is 70.8 Å². The van der Waals surface area contributed by atoms with Gasteiger partial charge in [0.25, 0.3) is 0 Å². The summed E-state index contributed by atoms with van der Waals surface area (Å²) in [4.78, 5) is 7.23. The molecule has 2 aliphatic rings. The molecule has 1 aromatic carbocycles. The van der Waals surface area contributed by atoms with Crippen LogP contribution >= 0.6 is 0 Å². The van der Waals surface area contributed by atoms with E-state index in [0.29, 0.717) is 29.8 Å². The zero-order chi connectivity index (χ0) is 18.6. The Kier molecular flexibility index (Phi) is 3.73. The lowest BCUT2D eigenvalue weighted by molar-refractivity contribution is 0.453. The van der Waals surface area contributed by atoms with Crippen LogP contribution in [0.15, 0.2) is 53.7 Å². The SMILES string of the molecule is Cc1cc2c(N3CC4CN(S(=O)(=O)c5ccccc5)CC4C3)nccn2n1. The summed E-state index contributed by atoms with van der Waals surface area (Å²) in [5.41, 5.74) is 1.97. The molecule has 2 fully saturated rings. The first-order chi connectivity index (χ1) is 13.0. The fourth-order valence-corrected chi connectivity index (χ4v) is 5.91. The van der Waals surface area contributed by atoms with Crippen LogP contribution in [0.1, 0.15) is 5.69 Å². The van der Waals surface area contributed by atoms with Gasteiger partial charge in [-0.05, 0) is 37.0 Å². The van der Waals surface area contributed by atoms with E-state index in [0.717, 1.165) is 30.1 Å². The summed E-state index contributed by atoms with van der Waals surface area (Å²) in [5, 5.41) is 4.46. The molecular formula is C19H21N5O2S. The van der Waals surface area contributed by atoms with Gasteiger partial charge < -0.3 is 4.90 Å². The van der Waals surface area contributed by atoms with Crippen LogP contribution in [-0.4, -0.2) is 53.5 Å². The minimum Gasteiger partial charge on any atom is -0.354 e. The summed E-state index contributed by atoms with van der Waals surface area (Å²) >= 11 is 0. The second-order valence-corrected chi connectivity index (χ2v) is 9.36. The molecule has 5 rings (SSSR count). The molecule has 0 aliphatic carbocycles. The highest BCUT2D eigenvalue weighted by Crippen LogP contribution is 2.36. The van der Waals surface area contributed by atoms with Crippen molar-refractivity contribution in [3.05, 3.63) is 54.5 Å². The first-order valence-electron chi connectivity index (χ1n) is 9.13. The minimum atomic E-state index is -3.41. The highest BCUT2D eigenvalue weighted by atomic mass is 32.2. The number of benzene rings is 1. The Balaban J connectivity index is 1.37. The molecule has 0 bridgehead atoms. The Bertz CT molecular complexity index is 1080. The molecule has 2 unspecified atom stereocenters. The van der Waals surface area contributed by atoms with Gasteiger partial charge in [-0.25, -0.2) is 17.9 Å². The van der Waals surface area contributed by atoms with Crippen molar-refractivity contribution < 1.29 is 8.42 Å². The van der Waals surface area contributed by atoms with Gasteiger partial charge in [0.05, 0.1) is 10.6 Å². The summed E-state index contributed by atoms with van der Waals surface area (Å²) in [7, 11) is -3.41. The lowest BCUT2D eigenvalue weighted by Crippen LogP contribution is -2.33. The van der Waals surface area contributed by atoms with Crippen LogP contribution in [0.5, 0.6) is 0 Å². The van der Waals surface area contributed by atoms with Crippen molar-refractivity contribution in [2.75, 3.05) is 31.1 Å². The maximum atomic E-state index is 12.9. The van der Waals surface area contributed by atoms with Crippen molar-refractivity contribution in [2.45, 2.75) is 11.8 Å². The second-order valence-electron chi connectivity index (χ2n) is 7.43. The van der Waals surface area contributed by atoms with Gasteiger partial charge in [0, 0.05) is 38.6 Å². The number of sulfonamides is 1. The van der Waals surface area contributed by atoms with E-state index in [9.17, 15) is 8.42 Å². The monoisotopic (exact) mass is 383 g/mol. The standard InChI is InChI=1S/C19H21N5O2S/c1-14-9-18-19(20-7-8-24(18)21-14)22-10-15-12-23(13-16(15)11-22)27(25,26)17-5-3-2-4-6-17/h2-9,15-16H,10-13H2,1H3. The normalized spacial score (nSPS) is 23.2. The number of hydrogen-bond donors (Lipinski definition) is 0. The van der Waals surface area contributed by atoms with Crippen LogP contribution in [-0.2, 0) is 10.0 Å². The molecule has 0 amide bonds. The van der Waals surface area contributed by atoms with Crippen molar-refractivity contribution in [1.29, 1.82) is 0 Å². The average Bonchev–Trinajstić information content (AvgIpc) is 3.33. The summed E-state index contributed by atoms with van der Waals surface area (Å²) in [6.45, 7) is 4.76.